The Morgan fingerprint density at radius 3 is 2.50 bits per heavy atom. The summed E-state index contributed by atoms with van der Waals surface area (Å²) >= 11 is 0. The van der Waals surface area contributed by atoms with Gasteiger partial charge in [-0.25, -0.2) is 4.79 Å². The molecule has 1 amide bonds. The molecule has 0 saturated carbocycles. The van der Waals surface area contributed by atoms with Crippen molar-refractivity contribution in [3.63, 3.8) is 0 Å². The molecule has 1 aliphatic rings. The van der Waals surface area contributed by atoms with Crippen LogP contribution in [-0.4, -0.2) is 23.6 Å². The number of nitrogens with one attached hydrogen (secondary N) is 1. The molecule has 5 heteroatoms. The zero-order valence-electron chi connectivity index (χ0n) is 12.1. The summed E-state index contributed by atoms with van der Waals surface area (Å²) in [5.74, 6) is -0.642. The summed E-state index contributed by atoms with van der Waals surface area (Å²) < 4.78 is 5.42. The van der Waals surface area contributed by atoms with E-state index in [0.717, 1.165) is 16.7 Å². The molecule has 5 nitrogen and oxygen atoms in total. The minimum absolute atomic E-state index is 0.129. The van der Waals surface area contributed by atoms with Crippen molar-refractivity contribution in [3.8, 4) is 16.9 Å². The summed E-state index contributed by atoms with van der Waals surface area (Å²) in [5.41, 5.74) is 3.54. The minimum atomic E-state index is -0.991. The van der Waals surface area contributed by atoms with E-state index in [1.165, 1.54) is 6.92 Å². The smallest absolute Gasteiger partial charge is 0.339 e. The summed E-state index contributed by atoms with van der Waals surface area (Å²) in [6, 6.07) is 10.9. The van der Waals surface area contributed by atoms with Crippen LogP contribution >= 0.6 is 0 Å². The van der Waals surface area contributed by atoms with Crippen LogP contribution in [0.2, 0.25) is 0 Å². The number of fused-ring (bicyclic) bond motifs is 1. The molecule has 0 bridgehead atoms. The summed E-state index contributed by atoms with van der Waals surface area (Å²) in [6.07, 6.45) is 0.716. The van der Waals surface area contributed by atoms with Gasteiger partial charge in [-0.15, -0.1) is 0 Å². The molecule has 2 N–H and O–H groups in total. The van der Waals surface area contributed by atoms with Gasteiger partial charge in [-0.3, -0.25) is 4.79 Å². The summed E-state index contributed by atoms with van der Waals surface area (Å²) in [4.78, 5) is 22.4. The lowest BCUT2D eigenvalue weighted by atomic mass is 9.98. The topological polar surface area (TPSA) is 75.6 Å². The quantitative estimate of drug-likeness (QED) is 0.913. The molecule has 1 aliphatic heterocycles. The highest BCUT2D eigenvalue weighted by atomic mass is 16.5. The van der Waals surface area contributed by atoms with Crippen LogP contribution in [0, 0.1) is 0 Å². The van der Waals surface area contributed by atoms with Gasteiger partial charge in [0.2, 0.25) is 5.91 Å². The van der Waals surface area contributed by atoms with Gasteiger partial charge in [0.05, 0.1) is 6.61 Å². The van der Waals surface area contributed by atoms with Gasteiger partial charge in [-0.1, -0.05) is 12.1 Å². The number of anilines is 1. The van der Waals surface area contributed by atoms with Crippen molar-refractivity contribution in [2.75, 3.05) is 11.9 Å². The fraction of sp³-hybridized carbons (Fsp3) is 0.176. The standard InChI is InChI=1S/C17H15NO4/c1-10(19)18-14-4-2-11(3-5-14)13-8-12-6-7-22-16(12)15(9-13)17(20)21/h2-5,8-9H,6-7H2,1H3,(H,18,19)(H,20,21). The second-order valence-electron chi connectivity index (χ2n) is 5.17. The number of amides is 1. The molecule has 0 aliphatic carbocycles. The second kappa shape index (κ2) is 5.52. The third-order valence-electron chi connectivity index (χ3n) is 3.55. The summed E-state index contributed by atoms with van der Waals surface area (Å²) in [6.45, 7) is 1.97. The second-order valence-corrected chi connectivity index (χ2v) is 5.17. The van der Waals surface area contributed by atoms with E-state index < -0.39 is 5.97 Å². The Balaban J connectivity index is 2.00. The zero-order valence-corrected chi connectivity index (χ0v) is 12.1. The van der Waals surface area contributed by atoms with Crippen LogP contribution < -0.4 is 10.1 Å². The van der Waals surface area contributed by atoms with Gasteiger partial charge in [0.1, 0.15) is 11.3 Å². The van der Waals surface area contributed by atoms with Crippen molar-refractivity contribution in [1.82, 2.24) is 0 Å². The molecule has 22 heavy (non-hydrogen) atoms. The van der Waals surface area contributed by atoms with Gasteiger partial charge in [-0.2, -0.15) is 0 Å². The molecule has 2 aromatic carbocycles. The molecule has 0 fully saturated rings. The van der Waals surface area contributed by atoms with Crippen molar-refractivity contribution in [1.29, 1.82) is 0 Å². The van der Waals surface area contributed by atoms with Crippen LogP contribution in [0.3, 0.4) is 0 Å². The molecule has 0 spiro atoms. The largest absolute Gasteiger partial charge is 0.492 e. The zero-order chi connectivity index (χ0) is 15.7. The number of hydrogen-bond donors (Lipinski definition) is 2. The number of carbonyl (C=O) groups is 2. The van der Waals surface area contributed by atoms with E-state index in [0.29, 0.717) is 24.5 Å². The molecular formula is C17H15NO4. The van der Waals surface area contributed by atoms with Crippen molar-refractivity contribution < 1.29 is 19.4 Å². The van der Waals surface area contributed by atoms with E-state index in [-0.39, 0.29) is 11.5 Å². The molecule has 0 atom stereocenters. The van der Waals surface area contributed by atoms with Gasteiger partial charge in [0.25, 0.3) is 0 Å². The Kier molecular flexibility index (Phi) is 3.55. The molecule has 0 aromatic heterocycles. The highest BCUT2D eigenvalue weighted by Crippen LogP contribution is 2.35. The number of benzene rings is 2. The summed E-state index contributed by atoms with van der Waals surface area (Å²) in [5, 5.41) is 12.0. The fourth-order valence-corrected chi connectivity index (χ4v) is 2.58. The first kappa shape index (κ1) is 14.1. The average Bonchev–Trinajstić information content (AvgIpc) is 2.94. The lowest BCUT2D eigenvalue weighted by molar-refractivity contribution is -0.114. The molecular weight excluding hydrogens is 282 g/mol. The SMILES string of the molecule is CC(=O)Nc1ccc(-c2cc3c(c(C(=O)O)c2)OCC3)cc1. The predicted molar refractivity (Wildman–Crippen MR) is 82.3 cm³/mol. The highest BCUT2D eigenvalue weighted by Gasteiger charge is 2.22. The number of carbonyl (C=O) groups excluding carboxylic acids is 1. The van der Waals surface area contributed by atoms with Crippen LogP contribution in [-0.2, 0) is 11.2 Å². The first-order valence-electron chi connectivity index (χ1n) is 6.95. The molecule has 3 rings (SSSR count). The number of aromatic carboxylic acids is 1. The van der Waals surface area contributed by atoms with Gasteiger partial charge in [0.15, 0.2) is 0 Å². The third kappa shape index (κ3) is 2.65. The average molecular weight is 297 g/mol. The van der Waals surface area contributed by atoms with Crippen LogP contribution in [0.5, 0.6) is 5.75 Å². The monoisotopic (exact) mass is 297 g/mol. The van der Waals surface area contributed by atoms with Crippen LogP contribution in [0.1, 0.15) is 22.8 Å². The molecule has 0 saturated heterocycles. The maximum Gasteiger partial charge on any atom is 0.339 e. The van der Waals surface area contributed by atoms with Gasteiger partial charge >= 0.3 is 5.97 Å². The Morgan fingerprint density at radius 1 is 1.14 bits per heavy atom. The van der Waals surface area contributed by atoms with E-state index >= 15 is 0 Å². The van der Waals surface area contributed by atoms with Crippen molar-refractivity contribution >= 4 is 17.6 Å². The van der Waals surface area contributed by atoms with E-state index in [2.05, 4.69) is 5.32 Å². The number of rotatable bonds is 3. The maximum absolute atomic E-state index is 11.4. The highest BCUT2D eigenvalue weighted by molar-refractivity contribution is 5.94. The van der Waals surface area contributed by atoms with Gasteiger partial charge in [-0.05, 0) is 41.0 Å². The first-order chi connectivity index (χ1) is 10.5. The van der Waals surface area contributed by atoms with E-state index in [9.17, 15) is 14.7 Å². The molecule has 1 heterocycles. The van der Waals surface area contributed by atoms with E-state index in [1.54, 1.807) is 18.2 Å². The lowest BCUT2D eigenvalue weighted by Crippen LogP contribution is -2.05. The third-order valence-corrected chi connectivity index (χ3v) is 3.55. The molecule has 112 valence electrons. The van der Waals surface area contributed by atoms with E-state index in [4.69, 9.17) is 4.74 Å². The molecule has 2 aromatic rings. The van der Waals surface area contributed by atoms with Crippen LogP contribution in [0.4, 0.5) is 5.69 Å². The number of ether oxygens (including phenoxy) is 1. The lowest BCUT2D eigenvalue weighted by Gasteiger charge is -2.09. The van der Waals surface area contributed by atoms with Crippen molar-refractivity contribution in [3.05, 3.63) is 47.5 Å². The first-order valence-corrected chi connectivity index (χ1v) is 6.95. The number of carboxylic acids is 1. The Morgan fingerprint density at radius 2 is 1.86 bits per heavy atom. The minimum Gasteiger partial charge on any atom is -0.492 e. The van der Waals surface area contributed by atoms with Crippen LogP contribution in [0.25, 0.3) is 11.1 Å². The Hall–Kier alpha value is -2.82. The Bertz CT molecular complexity index is 750. The fourth-order valence-electron chi connectivity index (χ4n) is 2.58. The number of hydrogen-bond acceptors (Lipinski definition) is 3. The molecule has 0 radical (unpaired) electrons. The van der Waals surface area contributed by atoms with Gasteiger partial charge in [0, 0.05) is 19.0 Å². The maximum atomic E-state index is 11.4. The van der Waals surface area contributed by atoms with Crippen LogP contribution in [0.15, 0.2) is 36.4 Å². The van der Waals surface area contributed by atoms with Crippen molar-refractivity contribution in [2.45, 2.75) is 13.3 Å². The summed E-state index contributed by atoms with van der Waals surface area (Å²) in [7, 11) is 0. The Labute approximate surface area is 127 Å². The number of carboxylic acid groups (broad SMARTS) is 1. The normalized spacial score (nSPS) is 12.4. The van der Waals surface area contributed by atoms with Gasteiger partial charge < -0.3 is 15.2 Å². The van der Waals surface area contributed by atoms with Crippen molar-refractivity contribution in [2.24, 2.45) is 0 Å². The molecule has 0 unspecified atom stereocenters. The predicted octanol–water partition coefficient (Wildman–Crippen LogP) is 2.95. The van der Waals surface area contributed by atoms with E-state index in [1.807, 2.05) is 18.2 Å².